The molecule has 0 amide bonds. The summed E-state index contributed by atoms with van der Waals surface area (Å²) in [7, 11) is -2.40. The Bertz CT molecular complexity index is 1620. The van der Waals surface area contributed by atoms with Crippen LogP contribution >= 0.6 is 11.3 Å². The van der Waals surface area contributed by atoms with Gasteiger partial charge in [-0.15, -0.1) is 11.3 Å². The fraction of sp³-hybridized carbons (Fsp3) is 0.130. The molecular formula is C23H19N5O4S2. The number of hydrogen-bond acceptors (Lipinski definition) is 8. The zero-order valence-corrected chi connectivity index (χ0v) is 20.1. The fourth-order valence-corrected chi connectivity index (χ4v) is 5.94. The molecule has 0 saturated carbocycles. The molecule has 5 rings (SSSR count). The van der Waals surface area contributed by atoms with E-state index in [1.807, 2.05) is 17.5 Å². The molecule has 4 heterocycles. The van der Waals surface area contributed by atoms with Crippen LogP contribution in [0.2, 0.25) is 0 Å². The average Bonchev–Trinajstić information content (AvgIpc) is 3.58. The number of nitrogens with zero attached hydrogens (tertiary/aromatic N) is 5. The lowest BCUT2D eigenvalue weighted by Gasteiger charge is -2.20. The van der Waals surface area contributed by atoms with Crippen LogP contribution in [-0.4, -0.2) is 41.0 Å². The van der Waals surface area contributed by atoms with E-state index in [-0.39, 0.29) is 16.4 Å². The molecule has 0 aliphatic rings. The van der Waals surface area contributed by atoms with Crippen molar-refractivity contribution in [3.63, 3.8) is 0 Å². The Labute approximate surface area is 199 Å². The summed E-state index contributed by atoms with van der Waals surface area (Å²) < 4.78 is 34.3. The van der Waals surface area contributed by atoms with Crippen LogP contribution in [-0.2, 0) is 10.0 Å². The Morgan fingerprint density at radius 2 is 1.97 bits per heavy atom. The third-order valence-electron chi connectivity index (χ3n) is 5.48. The van der Waals surface area contributed by atoms with E-state index in [1.54, 1.807) is 54.9 Å². The van der Waals surface area contributed by atoms with E-state index in [4.69, 9.17) is 4.52 Å². The third kappa shape index (κ3) is 3.49. The number of rotatable bonds is 6. The number of thiophene rings is 1. The fourth-order valence-electron chi connectivity index (χ4n) is 3.79. The molecule has 5 aromatic rings. The van der Waals surface area contributed by atoms with Gasteiger partial charge < -0.3 is 4.52 Å². The summed E-state index contributed by atoms with van der Waals surface area (Å²) in [4.78, 5) is 17.9. The van der Waals surface area contributed by atoms with Crippen LogP contribution in [0, 0.1) is 13.8 Å². The number of carbonyl (C=O) groups excluding carboxylic acids is 1. The number of aromatic nitrogens is 4. The van der Waals surface area contributed by atoms with Crippen molar-refractivity contribution in [2.45, 2.75) is 18.7 Å². The molecule has 0 aliphatic carbocycles. The molecule has 4 aromatic heterocycles. The first kappa shape index (κ1) is 22.0. The molecule has 172 valence electrons. The summed E-state index contributed by atoms with van der Waals surface area (Å²) in [5.74, 6) is 0.0875. The first-order valence-corrected chi connectivity index (χ1v) is 12.5. The molecule has 9 nitrogen and oxygen atoms in total. The number of benzene rings is 1. The van der Waals surface area contributed by atoms with Crippen molar-refractivity contribution in [2.24, 2.45) is 0 Å². The SMILES string of the molecule is Cc1noc(C)c1S(=O)(=O)N(C)c1cccc(-c2ccnc3c(C(=O)c4cccs4)cnn23)c1. The number of anilines is 1. The maximum absolute atomic E-state index is 13.2. The molecule has 0 radical (unpaired) electrons. The number of carbonyl (C=O) groups is 1. The van der Waals surface area contributed by atoms with Gasteiger partial charge in [0.05, 0.1) is 28.0 Å². The van der Waals surface area contributed by atoms with Crippen molar-refractivity contribution in [2.75, 3.05) is 11.4 Å². The first-order valence-electron chi connectivity index (χ1n) is 10.2. The van der Waals surface area contributed by atoms with Crippen molar-refractivity contribution in [1.29, 1.82) is 0 Å². The second-order valence-electron chi connectivity index (χ2n) is 7.61. The van der Waals surface area contributed by atoms with E-state index < -0.39 is 10.0 Å². The van der Waals surface area contributed by atoms with Crippen molar-refractivity contribution in [3.05, 3.63) is 82.1 Å². The summed E-state index contributed by atoms with van der Waals surface area (Å²) in [6.07, 6.45) is 3.11. The van der Waals surface area contributed by atoms with Gasteiger partial charge in [-0.1, -0.05) is 23.4 Å². The molecule has 0 fully saturated rings. The van der Waals surface area contributed by atoms with E-state index in [9.17, 15) is 13.2 Å². The summed E-state index contributed by atoms with van der Waals surface area (Å²) in [6, 6.07) is 12.4. The smallest absolute Gasteiger partial charge is 0.269 e. The monoisotopic (exact) mass is 493 g/mol. The van der Waals surface area contributed by atoms with Crippen molar-refractivity contribution in [1.82, 2.24) is 19.8 Å². The highest BCUT2D eigenvalue weighted by Crippen LogP contribution is 2.30. The van der Waals surface area contributed by atoms with Gasteiger partial charge in [0.1, 0.15) is 5.69 Å². The van der Waals surface area contributed by atoms with Gasteiger partial charge >= 0.3 is 0 Å². The van der Waals surface area contributed by atoms with Gasteiger partial charge in [0.25, 0.3) is 10.0 Å². The standard InChI is InChI=1S/C23H19N5O4S2/c1-14-22(15(2)32-26-14)34(30,31)27(3)17-7-4-6-16(12-17)19-9-10-24-23-18(13-25-28(19)23)21(29)20-8-5-11-33-20/h4-13H,1-3H3. The summed E-state index contributed by atoms with van der Waals surface area (Å²) >= 11 is 1.36. The van der Waals surface area contributed by atoms with Crippen LogP contribution in [0.4, 0.5) is 5.69 Å². The maximum atomic E-state index is 13.2. The molecule has 0 bridgehead atoms. The van der Waals surface area contributed by atoms with Crippen LogP contribution in [0.3, 0.4) is 0 Å². The lowest BCUT2D eigenvalue weighted by molar-refractivity contribution is 0.104. The molecule has 11 heteroatoms. The number of fused-ring (bicyclic) bond motifs is 1. The van der Waals surface area contributed by atoms with Gasteiger partial charge in [0.15, 0.2) is 16.3 Å². The number of sulfonamides is 1. The average molecular weight is 494 g/mol. The Morgan fingerprint density at radius 3 is 2.68 bits per heavy atom. The predicted molar refractivity (Wildman–Crippen MR) is 128 cm³/mol. The summed E-state index contributed by atoms with van der Waals surface area (Å²) in [5.41, 5.74) is 2.96. The highest BCUT2D eigenvalue weighted by atomic mass is 32.2. The Kier molecular flexibility index (Phi) is 5.29. The number of hydrogen-bond donors (Lipinski definition) is 0. The van der Waals surface area contributed by atoms with Crippen molar-refractivity contribution >= 4 is 38.5 Å². The lowest BCUT2D eigenvalue weighted by atomic mass is 10.1. The van der Waals surface area contributed by atoms with E-state index in [2.05, 4.69) is 15.2 Å². The Morgan fingerprint density at radius 1 is 1.15 bits per heavy atom. The van der Waals surface area contributed by atoms with Gasteiger partial charge in [-0.2, -0.15) is 5.10 Å². The molecule has 0 saturated heterocycles. The number of ketones is 1. The van der Waals surface area contributed by atoms with E-state index in [1.165, 1.54) is 28.9 Å². The van der Waals surface area contributed by atoms with Crippen LogP contribution in [0.15, 0.2) is 69.7 Å². The van der Waals surface area contributed by atoms with Gasteiger partial charge in [0.2, 0.25) is 5.78 Å². The summed E-state index contributed by atoms with van der Waals surface area (Å²) in [6.45, 7) is 3.16. The quantitative estimate of drug-likeness (QED) is 0.327. The van der Waals surface area contributed by atoms with Gasteiger partial charge in [0, 0.05) is 18.8 Å². The zero-order valence-electron chi connectivity index (χ0n) is 18.5. The second-order valence-corrected chi connectivity index (χ2v) is 10.5. The molecule has 0 atom stereocenters. The lowest BCUT2D eigenvalue weighted by Crippen LogP contribution is -2.27. The minimum absolute atomic E-state index is 0.0514. The number of aryl methyl sites for hydroxylation is 2. The molecule has 1 aromatic carbocycles. The minimum atomic E-state index is -3.88. The topological polar surface area (TPSA) is 111 Å². The summed E-state index contributed by atoms with van der Waals surface area (Å²) in [5, 5.41) is 10.0. The largest absolute Gasteiger partial charge is 0.360 e. The van der Waals surface area contributed by atoms with Crippen molar-refractivity contribution < 1.29 is 17.7 Å². The van der Waals surface area contributed by atoms with Crippen LogP contribution in [0.5, 0.6) is 0 Å². The highest BCUT2D eigenvalue weighted by Gasteiger charge is 2.29. The molecular weight excluding hydrogens is 474 g/mol. The van der Waals surface area contributed by atoms with Crippen LogP contribution in [0.25, 0.3) is 16.9 Å². The normalized spacial score (nSPS) is 11.7. The molecule has 0 unspecified atom stereocenters. The molecule has 0 spiro atoms. The van der Waals surface area contributed by atoms with E-state index in [0.29, 0.717) is 38.7 Å². The predicted octanol–water partition coefficient (Wildman–Crippen LogP) is 4.12. The minimum Gasteiger partial charge on any atom is -0.360 e. The van der Waals surface area contributed by atoms with Gasteiger partial charge in [-0.25, -0.2) is 17.9 Å². The second kappa shape index (κ2) is 8.19. The van der Waals surface area contributed by atoms with Crippen LogP contribution < -0.4 is 4.31 Å². The maximum Gasteiger partial charge on any atom is 0.269 e. The molecule has 0 aliphatic heterocycles. The van der Waals surface area contributed by atoms with E-state index >= 15 is 0 Å². The van der Waals surface area contributed by atoms with E-state index in [0.717, 1.165) is 0 Å². The van der Waals surface area contributed by atoms with Crippen LogP contribution in [0.1, 0.15) is 26.7 Å². The molecule has 0 N–H and O–H groups in total. The highest BCUT2D eigenvalue weighted by molar-refractivity contribution is 7.92. The first-order chi connectivity index (χ1) is 16.3. The Balaban J connectivity index is 1.57. The Hall–Kier alpha value is -3.83. The molecule has 34 heavy (non-hydrogen) atoms. The third-order valence-corrected chi connectivity index (χ3v) is 8.38. The van der Waals surface area contributed by atoms with Gasteiger partial charge in [-0.05, 0) is 43.5 Å². The zero-order chi connectivity index (χ0) is 24.0. The van der Waals surface area contributed by atoms with Gasteiger partial charge in [-0.3, -0.25) is 9.10 Å². The van der Waals surface area contributed by atoms with Crippen molar-refractivity contribution in [3.8, 4) is 11.3 Å².